The van der Waals surface area contributed by atoms with E-state index in [4.69, 9.17) is 9.84 Å². The van der Waals surface area contributed by atoms with Gasteiger partial charge in [-0.2, -0.15) is 0 Å². The van der Waals surface area contributed by atoms with Crippen molar-refractivity contribution < 1.29 is 27.9 Å². The van der Waals surface area contributed by atoms with Crippen molar-refractivity contribution in [2.45, 2.75) is 51.7 Å². The van der Waals surface area contributed by atoms with Gasteiger partial charge in [-0.05, 0) is 39.5 Å². The molecule has 2 N–H and O–H groups in total. The van der Waals surface area contributed by atoms with E-state index >= 15 is 0 Å². The van der Waals surface area contributed by atoms with Crippen LogP contribution in [-0.4, -0.2) is 48.7 Å². The van der Waals surface area contributed by atoms with Gasteiger partial charge in [0.1, 0.15) is 15.4 Å². The van der Waals surface area contributed by atoms with Crippen LogP contribution < -0.4 is 5.32 Å². The number of aliphatic carboxylic acids is 1. The lowest BCUT2D eigenvalue weighted by molar-refractivity contribution is -0.138. The van der Waals surface area contributed by atoms with Crippen LogP contribution >= 0.6 is 0 Å². The summed E-state index contributed by atoms with van der Waals surface area (Å²) >= 11 is 0. The summed E-state index contributed by atoms with van der Waals surface area (Å²) in [5.41, 5.74) is -0.664. The summed E-state index contributed by atoms with van der Waals surface area (Å²) < 4.78 is 28.5. The Morgan fingerprint density at radius 2 is 1.81 bits per heavy atom. The van der Waals surface area contributed by atoms with Crippen LogP contribution in [0.3, 0.4) is 0 Å². The van der Waals surface area contributed by atoms with Crippen LogP contribution in [0.2, 0.25) is 0 Å². The predicted molar refractivity (Wildman–Crippen MR) is 76.8 cm³/mol. The van der Waals surface area contributed by atoms with Crippen LogP contribution in [0, 0.1) is 5.92 Å². The highest BCUT2D eigenvalue weighted by Gasteiger charge is 2.32. The smallest absolute Gasteiger partial charge is 0.407 e. The molecule has 0 unspecified atom stereocenters. The van der Waals surface area contributed by atoms with Gasteiger partial charge in [0.05, 0.1) is 17.9 Å². The molecule has 7 nitrogen and oxygen atoms in total. The molecule has 0 aromatic carbocycles. The van der Waals surface area contributed by atoms with Gasteiger partial charge in [-0.3, -0.25) is 4.79 Å². The number of ether oxygens (including phenoxy) is 1. The minimum Gasteiger partial charge on any atom is -0.481 e. The molecular weight excluding hydrogens is 298 g/mol. The maximum absolute atomic E-state index is 11.8. The molecule has 0 saturated carbocycles. The molecule has 0 radical (unpaired) electrons. The van der Waals surface area contributed by atoms with E-state index in [9.17, 15) is 18.0 Å². The molecule has 1 amide bonds. The summed E-state index contributed by atoms with van der Waals surface area (Å²) in [7, 11) is -3.18. The molecule has 122 valence electrons. The van der Waals surface area contributed by atoms with E-state index in [1.165, 1.54) is 0 Å². The summed E-state index contributed by atoms with van der Waals surface area (Å²) in [5, 5.41) is 11.6. The summed E-state index contributed by atoms with van der Waals surface area (Å²) in [4.78, 5) is 22.7. The molecule has 1 saturated heterocycles. The number of carbonyl (C=O) groups excluding carboxylic acids is 1. The standard InChI is InChI=1S/C13H23NO6S/c1-13(2,3)20-12(17)14-10-5-7-21(18,19)6-4-9(10)8-11(15)16/h9-10H,4-8H2,1-3H3,(H,14,17)(H,15,16)/t9-,10+/m0/s1. The van der Waals surface area contributed by atoms with Crippen LogP contribution in [0.25, 0.3) is 0 Å². The predicted octanol–water partition coefficient (Wildman–Crippen LogP) is 1.18. The Balaban J connectivity index is 2.77. The van der Waals surface area contributed by atoms with Gasteiger partial charge in [0.25, 0.3) is 0 Å². The van der Waals surface area contributed by atoms with Gasteiger partial charge in [0.15, 0.2) is 0 Å². The fourth-order valence-electron chi connectivity index (χ4n) is 2.29. The molecule has 1 fully saturated rings. The summed E-state index contributed by atoms with van der Waals surface area (Å²) in [5.74, 6) is -1.51. The van der Waals surface area contributed by atoms with Gasteiger partial charge in [-0.1, -0.05) is 0 Å². The van der Waals surface area contributed by atoms with Gasteiger partial charge < -0.3 is 15.2 Å². The molecule has 1 aliphatic rings. The van der Waals surface area contributed by atoms with Crippen molar-refractivity contribution >= 4 is 21.9 Å². The molecule has 21 heavy (non-hydrogen) atoms. The molecule has 0 aromatic heterocycles. The zero-order valence-electron chi connectivity index (χ0n) is 12.6. The number of carbonyl (C=O) groups is 2. The molecule has 0 bridgehead atoms. The number of amides is 1. The van der Waals surface area contributed by atoms with E-state index in [0.29, 0.717) is 0 Å². The van der Waals surface area contributed by atoms with E-state index in [0.717, 1.165) is 0 Å². The Kier molecular flexibility index (Phi) is 5.61. The molecule has 1 heterocycles. The van der Waals surface area contributed by atoms with Crippen LogP contribution in [-0.2, 0) is 19.4 Å². The van der Waals surface area contributed by atoms with Gasteiger partial charge in [0, 0.05) is 6.04 Å². The fourth-order valence-corrected chi connectivity index (χ4v) is 3.77. The maximum atomic E-state index is 11.8. The van der Waals surface area contributed by atoms with Crippen molar-refractivity contribution in [2.24, 2.45) is 5.92 Å². The molecule has 1 rings (SSSR count). The minimum atomic E-state index is -3.18. The molecular formula is C13H23NO6S. The zero-order chi connectivity index (χ0) is 16.3. The average Bonchev–Trinajstić information content (AvgIpc) is 2.38. The first kappa shape index (κ1) is 17.7. The van der Waals surface area contributed by atoms with E-state index in [2.05, 4.69) is 5.32 Å². The van der Waals surface area contributed by atoms with Crippen LogP contribution in [0.4, 0.5) is 4.79 Å². The second-order valence-electron chi connectivity index (χ2n) is 6.34. The van der Waals surface area contributed by atoms with Crippen molar-refractivity contribution in [3.8, 4) is 0 Å². The van der Waals surface area contributed by atoms with Crippen LogP contribution in [0.1, 0.15) is 40.0 Å². The van der Waals surface area contributed by atoms with Gasteiger partial charge >= 0.3 is 12.1 Å². The third kappa shape index (κ3) is 6.79. The Morgan fingerprint density at radius 3 is 2.33 bits per heavy atom. The first-order valence-electron chi connectivity index (χ1n) is 6.90. The number of carboxylic acids is 1. The third-order valence-electron chi connectivity index (χ3n) is 3.25. The highest BCUT2D eigenvalue weighted by molar-refractivity contribution is 7.91. The highest BCUT2D eigenvalue weighted by atomic mass is 32.2. The monoisotopic (exact) mass is 321 g/mol. The summed E-state index contributed by atoms with van der Waals surface area (Å²) in [6, 6.07) is -0.506. The molecule has 0 aromatic rings. The Bertz CT molecular complexity index is 493. The average molecular weight is 321 g/mol. The molecule has 8 heteroatoms. The first-order chi connectivity index (χ1) is 9.48. The summed E-state index contributed by atoms with van der Waals surface area (Å²) in [6.07, 6.45) is -0.382. The van der Waals surface area contributed by atoms with E-state index < -0.39 is 39.5 Å². The molecule has 1 aliphatic heterocycles. The topological polar surface area (TPSA) is 110 Å². The maximum Gasteiger partial charge on any atom is 0.407 e. The van der Waals surface area contributed by atoms with Crippen LogP contribution in [0.5, 0.6) is 0 Å². The third-order valence-corrected chi connectivity index (χ3v) is 4.96. The van der Waals surface area contributed by atoms with Crippen LogP contribution in [0.15, 0.2) is 0 Å². The number of sulfone groups is 1. The fraction of sp³-hybridized carbons (Fsp3) is 0.846. The lowest BCUT2D eigenvalue weighted by atomic mass is 9.92. The van der Waals surface area contributed by atoms with Crippen molar-refractivity contribution in [3.63, 3.8) is 0 Å². The van der Waals surface area contributed by atoms with Gasteiger partial charge in [-0.15, -0.1) is 0 Å². The molecule has 0 spiro atoms. The summed E-state index contributed by atoms with van der Waals surface area (Å²) in [6.45, 7) is 5.16. The number of nitrogens with one attached hydrogen (secondary N) is 1. The normalized spacial score (nSPS) is 25.7. The van der Waals surface area contributed by atoms with Crippen molar-refractivity contribution in [3.05, 3.63) is 0 Å². The Labute approximate surface area is 125 Å². The second kappa shape index (κ2) is 6.64. The second-order valence-corrected chi connectivity index (χ2v) is 8.64. The van der Waals surface area contributed by atoms with Crippen molar-refractivity contribution in [1.29, 1.82) is 0 Å². The Morgan fingerprint density at radius 1 is 1.24 bits per heavy atom. The highest BCUT2D eigenvalue weighted by Crippen LogP contribution is 2.23. The zero-order valence-corrected chi connectivity index (χ0v) is 13.4. The van der Waals surface area contributed by atoms with E-state index in [1.807, 2.05) is 0 Å². The lowest BCUT2D eigenvalue weighted by Crippen LogP contribution is -2.43. The largest absolute Gasteiger partial charge is 0.481 e. The molecule has 2 atom stereocenters. The SMILES string of the molecule is CC(C)(C)OC(=O)N[C@@H]1CCS(=O)(=O)CC[C@H]1CC(=O)O. The lowest BCUT2D eigenvalue weighted by Gasteiger charge is -2.27. The number of carboxylic acid groups (broad SMARTS) is 1. The van der Waals surface area contributed by atoms with Crippen molar-refractivity contribution in [2.75, 3.05) is 11.5 Å². The van der Waals surface area contributed by atoms with Gasteiger partial charge in [-0.25, -0.2) is 13.2 Å². The number of hydrogen-bond acceptors (Lipinski definition) is 5. The van der Waals surface area contributed by atoms with E-state index in [1.54, 1.807) is 20.8 Å². The number of hydrogen-bond donors (Lipinski definition) is 2. The first-order valence-corrected chi connectivity index (χ1v) is 8.72. The van der Waals surface area contributed by atoms with E-state index in [-0.39, 0.29) is 30.8 Å². The van der Waals surface area contributed by atoms with Crippen molar-refractivity contribution in [1.82, 2.24) is 5.32 Å². The van der Waals surface area contributed by atoms with Gasteiger partial charge in [0.2, 0.25) is 0 Å². The molecule has 0 aliphatic carbocycles. The Hall–Kier alpha value is -1.31. The number of rotatable bonds is 3. The number of alkyl carbamates (subject to hydrolysis) is 1. The quantitative estimate of drug-likeness (QED) is 0.807. The minimum absolute atomic E-state index is 0.0442.